The van der Waals surface area contributed by atoms with E-state index in [4.69, 9.17) is 23.2 Å². The van der Waals surface area contributed by atoms with E-state index in [2.05, 4.69) is 10.2 Å². The Morgan fingerprint density at radius 1 is 1.33 bits per heavy atom. The van der Waals surface area contributed by atoms with Crippen molar-refractivity contribution in [3.05, 3.63) is 29.0 Å². The standard InChI is InChI=1S/C9H5Cl2N3S/c10-4-8-12-13-9-14(8)6-2-1-5(11)3-7(6)15-9/h1-3H,4H2. The second-order valence-corrected chi connectivity index (χ2v) is 4.79. The Morgan fingerprint density at radius 2 is 2.20 bits per heavy atom. The zero-order chi connectivity index (χ0) is 10.4. The lowest BCUT2D eigenvalue weighted by Crippen LogP contribution is -1.88. The highest BCUT2D eigenvalue weighted by atomic mass is 35.5. The molecule has 1 aromatic carbocycles. The summed E-state index contributed by atoms with van der Waals surface area (Å²) < 4.78 is 3.06. The first-order chi connectivity index (χ1) is 7.29. The van der Waals surface area contributed by atoms with Crippen LogP contribution < -0.4 is 0 Å². The van der Waals surface area contributed by atoms with Crippen LogP contribution in [-0.2, 0) is 5.88 Å². The second kappa shape index (κ2) is 3.33. The Bertz CT molecular complexity index is 643. The van der Waals surface area contributed by atoms with Gasteiger partial charge in [-0.2, -0.15) is 0 Å². The molecule has 0 aliphatic heterocycles. The van der Waals surface area contributed by atoms with E-state index in [9.17, 15) is 0 Å². The second-order valence-electron chi connectivity index (χ2n) is 3.08. The zero-order valence-corrected chi connectivity index (χ0v) is 9.77. The highest BCUT2D eigenvalue weighted by molar-refractivity contribution is 7.23. The lowest BCUT2D eigenvalue weighted by Gasteiger charge is -1.94. The number of aromatic nitrogens is 3. The van der Waals surface area contributed by atoms with Gasteiger partial charge in [-0.15, -0.1) is 21.8 Å². The fourth-order valence-electron chi connectivity index (χ4n) is 1.55. The van der Waals surface area contributed by atoms with Crippen LogP contribution in [0, 0.1) is 0 Å². The number of thiazole rings is 1. The molecule has 0 amide bonds. The van der Waals surface area contributed by atoms with Crippen LogP contribution in [0.4, 0.5) is 0 Å². The van der Waals surface area contributed by atoms with Gasteiger partial charge in [-0.05, 0) is 18.2 Å². The van der Waals surface area contributed by atoms with Gasteiger partial charge in [0.1, 0.15) is 0 Å². The molecule has 3 nitrogen and oxygen atoms in total. The maximum Gasteiger partial charge on any atom is 0.217 e. The average Bonchev–Trinajstić information content (AvgIpc) is 2.74. The summed E-state index contributed by atoms with van der Waals surface area (Å²) in [5.74, 6) is 1.12. The molecule has 0 bridgehead atoms. The van der Waals surface area contributed by atoms with Crippen LogP contribution in [0.5, 0.6) is 0 Å². The summed E-state index contributed by atoms with van der Waals surface area (Å²) in [5, 5.41) is 8.79. The predicted octanol–water partition coefficient (Wildman–Crippen LogP) is 3.34. The monoisotopic (exact) mass is 257 g/mol. The Hall–Kier alpha value is -0.840. The number of hydrogen-bond donors (Lipinski definition) is 0. The van der Waals surface area contributed by atoms with Crippen LogP contribution in [-0.4, -0.2) is 14.6 Å². The highest BCUT2D eigenvalue weighted by Gasteiger charge is 2.11. The number of nitrogens with zero attached hydrogens (tertiary/aromatic N) is 3. The fourth-order valence-corrected chi connectivity index (χ4v) is 2.98. The minimum atomic E-state index is 0.357. The Morgan fingerprint density at radius 3 is 3.00 bits per heavy atom. The summed E-state index contributed by atoms with van der Waals surface area (Å²) in [7, 11) is 0. The molecule has 6 heteroatoms. The molecule has 0 aliphatic rings. The summed E-state index contributed by atoms with van der Waals surface area (Å²) in [6.45, 7) is 0. The molecule has 0 saturated heterocycles. The van der Waals surface area contributed by atoms with Gasteiger partial charge in [0.05, 0.1) is 16.1 Å². The maximum absolute atomic E-state index is 5.92. The fraction of sp³-hybridized carbons (Fsp3) is 0.111. The zero-order valence-electron chi connectivity index (χ0n) is 7.44. The molecule has 0 saturated carbocycles. The molecular weight excluding hydrogens is 253 g/mol. The van der Waals surface area contributed by atoms with Crippen LogP contribution in [0.2, 0.25) is 5.02 Å². The lowest BCUT2D eigenvalue weighted by molar-refractivity contribution is 1.00. The number of fused-ring (bicyclic) bond motifs is 3. The molecule has 76 valence electrons. The van der Waals surface area contributed by atoms with Gasteiger partial charge in [0.15, 0.2) is 5.82 Å². The molecule has 15 heavy (non-hydrogen) atoms. The summed E-state index contributed by atoms with van der Waals surface area (Å²) in [4.78, 5) is 0.850. The molecule has 0 unspecified atom stereocenters. The third-order valence-corrected chi connectivity index (χ3v) is 3.65. The van der Waals surface area contributed by atoms with Gasteiger partial charge in [-0.3, -0.25) is 4.40 Å². The molecular formula is C9H5Cl2N3S. The number of rotatable bonds is 1. The van der Waals surface area contributed by atoms with Crippen LogP contribution in [0.1, 0.15) is 5.82 Å². The minimum absolute atomic E-state index is 0.357. The molecule has 3 aromatic rings. The number of halogens is 2. The topological polar surface area (TPSA) is 30.2 Å². The first-order valence-corrected chi connectivity index (χ1v) is 6.00. The number of alkyl halides is 1. The summed E-state index contributed by atoms with van der Waals surface area (Å²) in [5.41, 5.74) is 1.06. The van der Waals surface area contributed by atoms with Crippen LogP contribution >= 0.6 is 34.5 Å². The van der Waals surface area contributed by atoms with Gasteiger partial charge in [0.2, 0.25) is 4.96 Å². The van der Waals surface area contributed by atoms with Gasteiger partial charge < -0.3 is 0 Å². The van der Waals surface area contributed by atoms with Gasteiger partial charge in [0.25, 0.3) is 0 Å². The van der Waals surface area contributed by atoms with Crippen molar-refractivity contribution in [3.63, 3.8) is 0 Å². The van der Waals surface area contributed by atoms with Crippen molar-refractivity contribution in [1.29, 1.82) is 0 Å². The van der Waals surface area contributed by atoms with E-state index in [1.165, 1.54) is 0 Å². The lowest BCUT2D eigenvalue weighted by atomic mass is 10.3. The predicted molar refractivity (Wildman–Crippen MR) is 62.9 cm³/mol. The Kier molecular flexibility index (Phi) is 2.09. The number of benzene rings is 1. The van der Waals surface area contributed by atoms with Crippen molar-refractivity contribution >= 4 is 49.7 Å². The van der Waals surface area contributed by atoms with Crippen molar-refractivity contribution in [2.24, 2.45) is 0 Å². The van der Waals surface area contributed by atoms with E-state index in [1.807, 2.05) is 22.6 Å². The number of hydrogen-bond acceptors (Lipinski definition) is 3. The molecule has 2 aromatic heterocycles. The van der Waals surface area contributed by atoms with Crippen LogP contribution in [0.3, 0.4) is 0 Å². The van der Waals surface area contributed by atoms with E-state index in [1.54, 1.807) is 11.3 Å². The summed E-state index contributed by atoms with van der Waals surface area (Å²) in [6.07, 6.45) is 0. The summed E-state index contributed by atoms with van der Waals surface area (Å²) in [6, 6.07) is 5.74. The van der Waals surface area contributed by atoms with Crippen molar-refractivity contribution in [1.82, 2.24) is 14.6 Å². The van der Waals surface area contributed by atoms with E-state index in [0.717, 1.165) is 26.0 Å². The molecule has 3 rings (SSSR count). The van der Waals surface area contributed by atoms with E-state index in [0.29, 0.717) is 5.88 Å². The van der Waals surface area contributed by atoms with E-state index in [-0.39, 0.29) is 0 Å². The van der Waals surface area contributed by atoms with Gasteiger partial charge in [0, 0.05) is 5.02 Å². The first-order valence-electron chi connectivity index (χ1n) is 4.27. The third kappa shape index (κ3) is 1.33. The Balaban J connectivity index is 2.49. The molecule has 0 fully saturated rings. The van der Waals surface area contributed by atoms with Crippen molar-refractivity contribution in [2.45, 2.75) is 5.88 Å². The molecule has 0 aliphatic carbocycles. The van der Waals surface area contributed by atoms with Gasteiger partial charge >= 0.3 is 0 Å². The van der Waals surface area contributed by atoms with Gasteiger partial charge in [-0.1, -0.05) is 22.9 Å². The molecule has 0 radical (unpaired) electrons. The normalized spacial score (nSPS) is 11.6. The molecule has 0 spiro atoms. The smallest absolute Gasteiger partial charge is 0.217 e. The molecule has 0 N–H and O–H groups in total. The average molecular weight is 258 g/mol. The maximum atomic E-state index is 5.92. The van der Waals surface area contributed by atoms with Crippen molar-refractivity contribution in [3.8, 4) is 0 Å². The minimum Gasteiger partial charge on any atom is -0.268 e. The largest absolute Gasteiger partial charge is 0.268 e. The van der Waals surface area contributed by atoms with Crippen molar-refractivity contribution < 1.29 is 0 Å². The van der Waals surface area contributed by atoms with Crippen LogP contribution in [0.15, 0.2) is 18.2 Å². The molecule has 0 atom stereocenters. The quantitative estimate of drug-likeness (QED) is 0.626. The first kappa shape index (κ1) is 9.39. The van der Waals surface area contributed by atoms with Gasteiger partial charge in [-0.25, -0.2) is 0 Å². The molecule has 2 heterocycles. The highest BCUT2D eigenvalue weighted by Crippen LogP contribution is 2.28. The summed E-state index contributed by atoms with van der Waals surface area (Å²) >= 11 is 13.3. The van der Waals surface area contributed by atoms with Crippen LogP contribution in [0.25, 0.3) is 15.2 Å². The Labute approximate surface area is 99.3 Å². The third-order valence-electron chi connectivity index (χ3n) is 2.18. The van der Waals surface area contributed by atoms with Crippen molar-refractivity contribution in [2.75, 3.05) is 0 Å². The van der Waals surface area contributed by atoms with E-state index >= 15 is 0 Å². The SMILES string of the molecule is ClCc1nnc2sc3cc(Cl)ccc3n12. The van der Waals surface area contributed by atoms with E-state index < -0.39 is 0 Å².